The second-order valence-electron chi connectivity index (χ2n) is 10.5. The zero-order valence-corrected chi connectivity index (χ0v) is 26.0. The summed E-state index contributed by atoms with van der Waals surface area (Å²) in [4.78, 5) is 20.5. The van der Waals surface area contributed by atoms with Gasteiger partial charge in [-0.25, -0.2) is 0 Å². The summed E-state index contributed by atoms with van der Waals surface area (Å²) >= 11 is 0. The Labute approximate surface area is 255 Å². The standard InChI is InChI=1S/C32H38F2N3O6P/c1-4-42-44(40,43-5-2)32(33,34)17-6-18-41-25-13-8-22(21(3)19-25)7-11-24-12-14-26-28(37-24)20-36-31-23(10-16-29(38)39)9-15-27(35)30(26)31/h8-9,12-15,19-20H,4-7,10-11,16-18,35H2,1-3H3,(H,38,39). The number of alkyl halides is 2. The molecule has 9 nitrogen and oxygen atoms in total. The van der Waals surface area contributed by atoms with Crippen LogP contribution in [0.15, 0.2) is 48.7 Å². The lowest BCUT2D eigenvalue weighted by molar-refractivity contribution is -0.136. The Balaban J connectivity index is 1.37. The Morgan fingerprint density at radius 1 is 1.02 bits per heavy atom. The summed E-state index contributed by atoms with van der Waals surface area (Å²) in [5.74, 6) is -0.304. The highest BCUT2D eigenvalue weighted by Crippen LogP contribution is 2.63. The van der Waals surface area contributed by atoms with E-state index in [0.29, 0.717) is 35.3 Å². The predicted octanol–water partition coefficient (Wildman–Crippen LogP) is 7.49. The van der Waals surface area contributed by atoms with E-state index in [4.69, 9.17) is 29.6 Å². The molecule has 0 radical (unpaired) electrons. The lowest BCUT2D eigenvalue weighted by Gasteiger charge is -2.25. The molecule has 0 amide bonds. The fraction of sp³-hybridized carbons (Fsp3) is 0.406. The van der Waals surface area contributed by atoms with Gasteiger partial charge in [0.2, 0.25) is 0 Å². The maximum Gasteiger partial charge on any atom is 0.399 e. The molecule has 0 fully saturated rings. The number of carboxylic acids is 1. The molecule has 44 heavy (non-hydrogen) atoms. The van der Waals surface area contributed by atoms with Crippen molar-refractivity contribution < 1.29 is 37.0 Å². The van der Waals surface area contributed by atoms with Crippen LogP contribution in [0.25, 0.3) is 21.8 Å². The number of nitrogens with zero attached hydrogens (tertiary/aromatic N) is 2. The van der Waals surface area contributed by atoms with Crippen LogP contribution in [-0.4, -0.2) is 46.5 Å². The number of carbonyl (C=O) groups is 1. The molecule has 0 saturated carbocycles. The number of anilines is 1. The van der Waals surface area contributed by atoms with Gasteiger partial charge in [-0.2, -0.15) is 8.78 Å². The van der Waals surface area contributed by atoms with E-state index in [1.807, 2.05) is 37.3 Å². The number of aryl methyl sites for hydroxylation is 4. The number of halogens is 2. The van der Waals surface area contributed by atoms with Crippen LogP contribution in [0.2, 0.25) is 0 Å². The number of hydrogen-bond acceptors (Lipinski definition) is 8. The molecule has 4 aromatic rings. The van der Waals surface area contributed by atoms with E-state index in [-0.39, 0.29) is 32.7 Å². The summed E-state index contributed by atoms with van der Waals surface area (Å²) in [6, 6.07) is 13.2. The molecule has 4 rings (SSSR count). The van der Waals surface area contributed by atoms with E-state index >= 15 is 0 Å². The Bertz CT molecular complexity index is 1670. The molecule has 0 spiro atoms. The average molecular weight is 630 g/mol. The van der Waals surface area contributed by atoms with E-state index in [2.05, 4.69) is 4.98 Å². The summed E-state index contributed by atoms with van der Waals surface area (Å²) in [6.07, 6.45) is 2.78. The fourth-order valence-electron chi connectivity index (χ4n) is 5.09. The van der Waals surface area contributed by atoms with Crippen molar-refractivity contribution in [2.24, 2.45) is 0 Å². The van der Waals surface area contributed by atoms with Crippen LogP contribution in [0.3, 0.4) is 0 Å². The summed E-state index contributed by atoms with van der Waals surface area (Å²) in [5.41, 5.74) is 8.48. The number of hydrogen-bond donors (Lipinski definition) is 2. The molecule has 236 valence electrons. The van der Waals surface area contributed by atoms with E-state index < -0.39 is 25.6 Å². The minimum atomic E-state index is -4.54. The van der Waals surface area contributed by atoms with Gasteiger partial charge < -0.3 is 24.6 Å². The van der Waals surface area contributed by atoms with Crippen molar-refractivity contribution in [3.63, 3.8) is 0 Å². The minimum absolute atomic E-state index is 0.00934. The zero-order valence-electron chi connectivity index (χ0n) is 25.1. The third-order valence-corrected chi connectivity index (χ3v) is 9.54. The summed E-state index contributed by atoms with van der Waals surface area (Å²) in [6.45, 7) is 4.72. The van der Waals surface area contributed by atoms with Crippen molar-refractivity contribution in [1.82, 2.24) is 9.97 Å². The predicted molar refractivity (Wildman–Crippen MR) is 167 cm³/mol. The van der Waals surface area contributed by atoms with Crippen LogP contribution in [0.5, 0.6) is 5.75 Å². The molecule has 0 aliphatic carbocycles. The summed E-state index contributed by atoms with van der Waals surface area (Å²) < 4.78 is 56.9. The summed E-state index contributed by atoms with van der Waals surface area (Å²) in [7, 11) is -4.54. The van der Waals surface area contributed by atoms with Crippen LogP contribution >= 0.6 is 7.60 Å². The van der Waals surface area contributed by atoms with E-state index in [1.54, 1.807) is 18.3 Å². The molecular formula is C32H38F2N3O6P. The van der Waals surface area contributed by atoms with Crippen molar-refractivity contribution in [3.8, 4) is 5.75 Å². The second-order valence-corrected chi connectivity index (χ2v) is 12.6. The highest BCUT2D eigenvalue weighted by Gasteiger charge is 2.52. The average Bonchev–Trinajstić information content (AvgIpc) is 2.98. The third kappa shape index (κ3) is 7.70. The van der Waals surface area contributed by atoms with Gasteiger partial charge in [-0.1, -0.05) is 18.2 Å². The van der Waals surface area contributed by atoms with Crippen LogP contribution in [0.1, 0.15) is 55.5 Å². The first-order valence-corrected chi connectivity index (χ1v) is 16.2. The van der Waals surface area contributed by atoms with Gasteiger partial charge in [0.1, 0.15) is 5.75 Å². The first-order valence-electron chi connectivity index (χ1n) is 14.6. The number of pyridine rings is 2. The molecule has 0 saturated heterocycles. The van der Waals surface area contributed by atoms with Gasteiger partial charge in [-0.15, -0.1) is 0 Å². The SMILES string of the molecule is CCOP(=O)(OCC)C(F)(F)CCCOc1ccc(CCc2ccc3c(cnc4c(CCC(=O)O)ccc(N)c43)n2)c(C)c1. The van der Waals surface area contributed by atoms with Gasteiger partial charge in [0.15, 0.2) is 0 Å². The molecule has 0 aliphatic rings. The van der Waals surface area contributed by atoms with Crippen LogP contribution in [0, 0.1) is 6.92 Å². The van der Waals surface area contributed by atoms with Crippen molar-refractivity contribution in [3.05, 3.63) is 71.0 Å². The highest BCUT2D eigenvalue weighted by molar-refractivity contribution is 7.55. The number of fused-ring (bicyclic) bond motifs is 3. The van der Waals surface area contributed by atoms with Gasteiger partial charge in [-0.3, -0.25) is 19.3 Å². The van der Waals surface area contributed by atoms with Crippen molar-refractivity contribution >= 4 is 41.1 Å². The number of nitrogen functional groups attached to an aromatic ring is 1. The largest absolute Gasteiger partial charge is 0.494 e. The van der Waals surface area contributed by atoms with Gasteiger partial charge in [-0.05, 0) is 87.4 Å². The lowest BCUT2D eigenvalue weighted by Crippen LogP contribution is -2.21. The number of ether oxygens (including phenoxy) is 1. The van der Waals surface area contributed by atoms with Crippen LogP contribution < -0.4 is 10.5 Å². The smallest absolute Gasteiger partial charge is 0.399 e. The number of aromatic nitrogens is 2. The fourth-order valence-corrected chi connectivity index (χ4v) is 6.66. The molecule has 12 heteroatoms. The molecule has 2 heterocycles. The van der Waals surface area contributed by atoms with E-state index in [1.165, 1.54) is 13.8 Å². The number of rotatable bonds is 16. The van der Waals surface area contributed by atoms with Gasteiger partial charge in [0, 0.05) is 35.0 Å². The lowest BCUT2D eigenvalue weighted by atomic mass is 10.00. The van der Waals surface area contributed by atoms with Gasteiger partial charge in [0.05, 0.1) is 37.1 Å². The maximum absolute atomic E-state index is 14.6. The monoisotopic (exact) mass is 629 g/mol. The normalized spacial score (nSPS) is 12.2. The maximum atomic E-state index is 14.6. The molecule has 0 unspecified atom stereocenters. The van der Waals surface area contributed by atoms with Crippen LogP contribution in [0.4, 0.5) is 14.5 Å². The molecule has 2 aromatic carbocycles. The molecule has 0 atom stereocenters. The zero-order chi connectivity index (χ0) is 31.9. The van der Waals surface area contributed by atoms with E-state index in [0.717, 1.165) is 39.6 Å². The van der Waals surface area contributed by atoms with Gasteiger partial charge >= 0.3 is 19.2 Å². The first kappa shape index (κ1) is 33.2. The van der Waals surface area contributed by atoms with E-state index in [9.17, 15) is 18.1 Å². The number of aliphatic carboxylic acids is 1. The Kier molecular flexibility index (Phi) is 10.9. The third-order valence-electron chi connectivity index (χ3n) is 7.32. The quantitative estimate of drug-likeness (QED) is 0.0559. The minimum Gasteiger partial charge on any atom is -0.494 e. The highest BCUT2D eigenvalue weighted by atomic mass is 31.2. The first-order chi connectivity index (χ1) is 21.0. The molecule has 3 N–H and O–H groups in total. The molecule has 2 aromatic heterocycles. The Morgan fingerprint density at radius 3 is 2.43 bits per heavy atom. The number of benzene rings is 2. The number of carboxylic acid groups (broad SMARTS) is 1. The Hall–Kier alpha value is -3.66. The molecule has 0 aliphatic heterocycles. The number of nitrogens with two attached hydrogens (primary N) is 1. The second kappa shape index (κ2) is 14.4. The summed E-state index contributed by atoms with van der Waals surface area (Å²) in [5, 5.41) is 10.7. The molecular weight excluding hydrogens is 591 g/mol. The van der Waals surface area contributed by atoms with Crippen molar-refractivity contribution in [1.29, 1.82) is 0 Å². The molecule has 0 bridgehead atoms. The van der Waals surface area contributed by atoms with Crippen molar-refractivity contribution in [2.45, 2.75) is 65.0 Å². The topological polar surface area (TPSA) is 134 Å². The van der Waals surface area contributed by atoms with Gasteiger partial charge in [0.25, 0.3) is 0 Å². The van der Waals surface area contributed by atoms with Crippen LogP contribution in [-0.2, 0) is 37.7 Å². The van der Waals surface area contributed by atoms with Crippen molar-refractivity contribution in [2.75, 3.05) is 25.6 Å². The Morgan fingerprint density at radius 2 is 1.75 bits per heavy atom.